The number of likely N-dealkylation sites (tertiary alicyclic amines) is 1. The number of hydrogen-bond acceptors (Lipinski definition) is 3. The Kier molecular flexibility index (Phi) is 3.82. The Morgan fingerprint density at radius 2 is 2.21 bits per heavy atom. The summed E-state index contributed by atoms with van der Waals surface area (Å²) in [6, 6.07) is 7.48. The number of benzene rings is 1. The monoisotopic (exact) mass is 264 g/mol. The first kappa shape index (κ1) is 13.0. The van der Waals surface area contributed by atoms with Gasteiger partial charge >= 0.3 is 0 Å². The maximum absolute atomic E-state index is 13.1. The Bertz CT molecular complexity index is 436. The summed E-state index contributed by atoms with van der Waals surface area (Å²) in [5.74, 6) is -0.294. The molecule has 1 saturated carbocycles. The molecular weight excluding hydrogens is 243 g/mol. The second-order valence-corrected chi connectivity index (χ2v) is 5.69. The SMILES string of the molecule is OC(CNC1CCN(C2CC2)C1)c1cccc(F)c1. The largest absolute Gasteiger partial charge is 0.387 e. The molecular formula is C15H21FN2O. The van der Waals surface area contributed by atoms with Gasteiger partial charge in [0, 0.05) is 31.7 Å². The van der Waals surface area contributed by atoms with Crippen LogP contribution in [0.1, 0.15) is 30.9 Å². The molecule has 0 spiro atoms. The number of aliphatic hydroxyl groups excluding tert-OH is 1. The fraction of sp³-hybridized carbons (Fsp3) is 0.600. The average Bonchev–Trinajstić information content (AvgIpc) is 3.15. The summed E-state index contributed by atoms with van der Waals surface area (Å²) in [6.45, 7) is 2.74. The molecule has 2 atom stereocenters. The van der Waals surface area contributed by atoms with Crippen LogP contribution >= 0.6 is 0 Å². The quantitative estimate of drug-likeness (QED) is 0.849. The molecule has 4 heteroatoms. The Hall–Kier alpha value is -0.970. The maximum atomic E-state index is 13.1. The number of nitrogens with one attached hydrogen (secondary N) is 1. The van der Waals surface area contributed by atoms with Crippen LogP contribution in [-0.4, -0.2) is 41.7 Å². The van der Waals surface area contributed by atoms with Gasteiger partial charge in [0.2, 0.25) is 0 Å². The number of nitrogens with zero attached hydrogens (tertiary/aromatic N) is 1. The summed E-state index contributed by atoms with van der Waals surface area (Å²) in [7, 11) is 0. The fourth-order valence-corrected chi connectivity index (χ4v) is 2.84. The van der Waals surface area contributed by atoms with E-state index in [0.717, 1.165) is 19.0 Å². The Morgan fingerprint density at radius 1 is 1.37 bits per heavy atom. The van der Waals surface area contributed by atoms with Crippen molar-refractivity contribution in [2.75, 3.05) is 19.6 Å². The van der Waals surface area contributed by atoms with Gasteiger partial charge in [0.05, 0.1) is 6.10 Å². The minimum absolute atomic E-state index is 0.294. The van der Waals surface area contributed by atoms with Crippen molar-refractivity contribution in [3.05, 3.63) is 35.6 Å². The first-order valence-corrected chi connectivity index (χ1v) is 7.13. The van der Waals surface area contributed by atoms with Gasteiger partial charge < -0.3 is 10.4 Å². The third-order valence-electron chi connectivity index (χ3n) is 4.12. The molecule has 2 fully saturated rings. The summed E-state index contributed by atoms with van der Waals surface area (Å²) in [4.78, 5) is 2.53. The number of rotatable bonds is 5. The van der Waals surface area contributed by atoms with E-state index >= 15 is 0 Å². The van der Waals surface area contributed by atoms with Crippen LogP contribution in [0.5, 0.6) is 0 Å². The molecule has 2 aliphatic rings. The van der Waals surface area contributed by atoms with Gasteiger partial charge in [0.1, 0.15) is 5.82 Å². The molecule has 2 N–H and O–H groups in total. The molecule has 1 aromatic carbocycles. The Balaban J connectivity index is 1.46. The van der Waals surface area contributed by atoms with Crippen molar-refractivity contribution in [3.8, 4) is 0 Å². The van der Waals surface area contributed by atoms with Gasteiger partial charge in [-0.3, -0.25) is 4.90 Å². The Labute approximate surface area is 113 Å². The summed E-state index contributed by atoms with van der Waals surface area (Å²) < 4.78 is 13.1. The van der Waals surface area contributed by atoms with Gasteiger partial charge in [-0.2, -0.15) is 0 Å². The summed E-state index contributed by atoms with van der Waals surface area (Å²) in [5.41, 5.74) is 0.643. The molecule has 2 unspecified atom stereocenters. The molecule has 1 aliphatic carbocycles. The van der Waals surface area contributed by atoms with Crippen molar-refractivity contribution >= 4 is 0 Å². The van der Waals surface area contributed by atoms with Crippen molar-refractivity contribution < 1.29 is 9.50 Å². The zero-order valence-corrected chi connectivity index (χ0v) is 11.1. The first-order chi connectivity index (χ1) is 9.22. The first-order valence-electron chi connectivity index (χ1n) is 7.13. The number of hydrogen-bond donors (Lipinski definition) is 2. The summed E-state index contributed by atoms with van der Waals surface area (Å²) in [5, 5.41) is 13.4. The van der Waals surface area contributed by atoms with Crippen LogP contribution in [0, 0.1) is 5.82 Å². The molecule has 0 amide bonds. The topological polar surface area (TPSA) is 35.5 Å². The maximum Gasteiger partial charge on any atom is 0.123 e. The van der Waals surface area contributed by atoms with Crippen LogP contribution in [0.15, 0.2) is 24.3 Å². The highest BCUT2D eigenvalue weighted by Gasteiger charge is 2.34. The lowest BCUT2D eigenvalue weighted by Gasteiger charge is -2.18. The molecule has 3 rings (SSSR count). The van der Waals surface area contributed by atoms with Crippen molar-refractivity contribution in [2.24, 2.45) is 0 Å². The second kappa shape index (κ2) is 5.57. The molecule has 104 valence electrons. The highest BCUT2D eigenvalue weighted by Crippen LogP contribution is 2.29. The third-order valence-corrected chi connectivity index (χ3v) is 4.12. The molecule has 19 heavy (non-hydrogen) atoms. The van der Waals surface area contributed by atoms with E-state index in [1.165, 1.54) is 31.5 Å². The predicted molar refractivity (Wildman–Crippen MR) is 72.4 cm³/mol. The van der Waals surface area contributed by atoms with E-state index in [1.54, 1.807) is 12.1 Å². The lowest BCUT2D eigenvalue weighted by atomic mass is 10.1. The number of aliphatic hydroxyl groups is 1. The van der Waals surface area contributed by atoms with Crippen molar-refractivity contribution in [1.82, 2.24) is 10.2 Å². The molecule has 1 heterocycles. The lowest BCUT2D eigenvalue weighted by Crippen LogP contribution is -2.35. The van der Waals surface area contributed by atoms with Crippen LogP contribution in [0.3, 0.4) is 0 Å². The summed E-state index contributed by atoms with van der Waals surface area (Å²) in [6.07, 6.45) is 3.20. The Morgan fingerprint density at radius 3 is 2.95 bits per heavy atom. The van der Waals surface area contributed by atoms with Crippen LogP contribution in [0.4, 0.5) is 4.39 Å². The molecule has 1 aliphatic heterocycles. The van der Waals surface area contributed by atoms with E-state index in [-0.39, 0.29) is 5.82 Å². The second-order valence-electron chi connectivity index (χ2n) is 5.69. The minimum atomic E-state index is -0.634. The van der Waals surface area contributed by atoms with Crippen LogP contribution < -0.4 is 5.32 Å². The van der Waals surface area contributed by atoms with Crippen LogP contribution in [0.2, 0.25) is 0 Å². The highest BCUT2D eigenvalue weighted by molar-refractivity contribution is 5.19. The van der Waals surface area contributed by atoms with E-state index in [9.17, 15) is 9.50 Å². The fourth-order valence-electron chi connectivity index (χ4n) is 2.84. The smallest absolute Gasteiger partial charge is 0.123 e. The van der Waals surface area contributed by atoms with Gasteiger partial charge in [0.15, 0.2) is 0 Å². The molecule has 1 saturated heterocycles. The van der Waals surface area contributed by atoms with E-state index in [1.807, 2.05) is 0 Å². The normalized spacial score (nSPS) is 25.7. The van der Waals surface area contributed by atoms with Gasteiger partial charge in [-0.05, 0) is 37.0 Å². The zero-order chi connectivity index (χ0) is 13.2. The molecule has 0 radical (unpaired) electrons. The van der Waals surface area contributed by atoms with Gasteiger partial charge in [-0.1, -0.05) is 12.1 Å². The van der Waals surface area contributed by atoms with Gasteiger partial charge in [0.25, 0.3) is 0 Å². The standard InChI is InChI=1S/C15H21FN2O/c16-12-3-1-2-11(8-12)15(19)9-17-13-6-7-18(10-13)14-4-5-14/h1-3,8,13-15,17,19H,4-7,9-10H2. The predicted octanol–water partition coefficient (Wildman–Crippen LogP) is 1.69. The van der Waals surface area contributed by atoms with E-state index < -0.39 is 6.10 Å². The van der Waals surface area contributed by atoms with Gasteiger partial charge in [-0.15, -0.1) is 0 Å². The summed E-state index contributed by atoms with van der Waals surface area (Å²) >= 11 is 0. The molecule has 3 nitrogen and oxygen atoms in total. The van der Waals surface area contributed by atoms with Crippen molar-refractivity contribution in [1.29, 1.82) is 0 Å². The lowest BCUT2D eigenvalue weighted by molar-refractivity contribution is 0.169. The van der Waals surface area contributed by atoms with Crippen LogP contribution in [0.25, 0.3) is 0 Å². The average molecular weight is 264 g/mol. The van der Waals surface area contributed by atoms with Crippen LogP contribution in [-0.2, 0) is 0 Å². The minimum Gasteiger partial charge on any atom is -0.387 e. The van der Waals surface area contributed by atoms with E-state index in [0.29, 0.717) is 18.2 Å². The third kappa shape index (κ3) is 3.32. The van der Waals surface area contributed by atoms with Crippen molar-refractivity contribution in [3.63, 3.8) is 0 Å². The van der Waals surface area contributed by atoms with E-state index in [4.69, 9.17) is 0 Å². The van der Waals surface area contributed by atoms with Gasteiger partial charge in [-0.25, -0.2) is 4.39 Å². The number of halogens is 1. The molecule has 1 aromatic rings. The highest BCUT2D eigenvalue weighted by atomic mass is 19.1. The van der Waals surface area contributed by atoms with E-state index in [2.05, 4.69) is 10.2 Å². The molecule has 0 aromatic heterocycles. The zero-order valence-electron chi connectivity index (χ0n) is 11.1. The van der Waals surface area contributed by atoms with Crippen molar-refractivity contribution in [2.45, 2.75) is 37.5 Å². The molecule has 0 bridgehead atoms.